The van der Waals surface area contributed by atoms with E-state index in [-0.39, 0.29) is 34.7 Å². The Morgan fingerprint density at radius 1 is 1.11 bits per heavy atom. The monoisotopic (exact) mass is 507 g/mol. The van der Waals surface area contributed by atoms with Gasteiger partial charge in [0, 0.05) is 18.8 Å². The zero-order valence-corrected chi connectivity index (χ0v) is 20.7. The molecule has 11 heteroatoms. The lowest BCUT2D eigenvalue weighted by molar-refractivity contribution is 0.371. The highest BCUT2D eigenvalue weighted by Gasteiger charge is 2.18. The zero-order chi connectivity index (χ0) is 26.3. The van der Waals surface area contributed by atoms with Gasteiger partial charge in [-0.05, 0) is 69.4 Å². The van der Waals surface area contributed by atoms with Crippen molar-refractivity contribution in [1.29, 1.82) is 0 Å². The minimum atomic E-state index is -0.511. The van der Waals surface area contributed by atoms with Crippen LogP contribution in [-0.2, 0) is 13.0 Å². The van der Waals surface area contributed by atoms with Gasteiger partial charge in [-0.25, -0.2) is 13.8 Å². The number of nitrogens with one attached hydrogen (secondary N) is 4. The quantitative estimate of drug-likeness (QED) is 0.257. The van der Waals surface area contributed by atoms with Crippen LogP contribution in [0.4, 0.5) is 14.5 Å². The van der Waals surface area contributed by atoms with Crippen molar-refractivity contribution in [2.24, 2.45) is 0 Å². The molecule has 0 saturated heterocycles. The van der Waals surface area contributed by atoms with Crippen LogP contribution in [0.15, 0.2) is 52.2 Å². The van der Waals surface area contributed by atoms with Crippen molar-refractivity contribution in [2.45, 2.75) is 25.9 Å². The lowest BCUT2D eigenvalue weighted by Gasteiger charge is -2.17. The molecule has 192 valence electrons. The topological polar surface area (TPSA) is 115 Å². The van der Waals surface area contributed by atoms with Gasteiger partial charge >= 0.3 is 0 Å². The van der Waals surface area contributed by atoms with Crippen molar-refractivity contribution < 1.29 is 8.78 Å². The maximum atomic E-state index is 14.1. The van der Waals surface area contributed by atoms with Gasteiger partial charge in [0.15, 0.2) is 0 Å². The van der Waals surface area contributed by atoms with Crippen LogP contribution in [0.3, 0.4) is 0 Å². The maximum Gasteiger partial charge on any atom is 0.274 e. The fraction of sp³-hybridized carbons (Fsp3) is 0.269. The van der Waals surface area contributed by atoms with E-state index in [0.29, 0.717) is 46.5 Å². The molecule has 3 aromatic heterocycles. The minimum Gasteiger partial charge on any atom is -0.381 e. The average Bonchev–Trinajstić information content (AvgIpc) is 3.38. The van der Waals surface area contributed by atoms with E-state index in [1.54, 1.807) is 22.9 Å². The first kappa shape index (κ1) is 24.4. The Morgan fingerprint density at radius 3 is 2.70 bits per heavy atom. The first-order chi connectivity index (χ1) is 17.7. The molecule has 5 aromatic rings. The Hall–Kier alpha value is -4.25. The number of benzene rings is 2. The number of imidazole rings is 1. The SMILES string of the molecule is CC(Cc1cc(F)ccc1F)Nc1cc[nH]c(=O)c1-c1nc2cc3[nH]n(CCN(C)C)c(=O)c3cc2[nH]1. The highest BCUT2D eigenvalue weighted by atomic mass is 19.1. The summed E-state index contributed by atoms with van der Waals surface area (Å²) in [5.41, 5.74) is 2.36. The van der Waals surface area contributed by atoms with Crippen LogP contribution in [-0.4, -0.2) is 56.3 Å². The smallest absolute Gasteiger partial charge is 0.274 e. The summed E-state index contributed by atoms with van der Waals surface area (Å²) in [6.07, 6.45) is 1.71. The van der Waals surface area contributed by atoms with Crippen molar-refractivity contribution in [2.75, 3.05) is 26.0 Å². The van der Waals surface area contributed by atoms with Gasteiger partial charge in [-0.3, -0.25) is 19.4 Å². The third-order valence-corrected chi connectivity index (χ3v) is 6.26. The molecule has 0 bridgehead atoms. The summed E-state index contributed by atoms with van der Waals surface area (Å²) in [4.78, 5) is 38.1. The molecular weight excluding hydrogens is 480 g/mol. The van der Waals surface area contributed by atoms with Gasteiger partial charge in [0.05, 0.1) is 34.2 Å². The number of aromatic nitrogens is 5. The normalized spacial score (nSPS) is 12.6. The number of hydrogen-bond donors (Lipinski definition) is 4. The Labute approximate surface area is 210 Å². The number of rotatable bonds is 8. The van der Waals surface area contributed by atoms with Crippen LogP contribution in [0.25, 0.3) is 33.3 Å². The van der Waals surface area contributed by atoms with Crippen molar-refractivity contribution >= 4 is 27.6 Å². The summed E-state index contributed by atoms with van der Waals surface area (Å²) < 4.78 is 29.3. The third kappa shape index (κ3) is 4.90. The predicted octanol–water partition coefficient (Wildman–Crippen LogP) is 3.44. The Morgan fingerprint density at radius 2 is 1.92 bits per heavy atom. The van der Waals surface area contributed by atoms with E-state index < -0.39 is 11.6 Å². The minimum absolute atomic E-state index is 0.131. The van der Waals surface area contributed by atoms with Gasteiger partial charge < -0.3 is 20.2 Å². The number of hydrogen-bond acceptors (Lipinski definition) is 5. The number of aromatic amines is 3. The highest BCUT2D eigenvalue weighted by Crippen LogP contribution is 2.27. The van der Waals surface area contributed by atoms with Gasteiger partial charge in [0.2, 0.25) is 0 Å². The summed E-state index contributed by atoms with van der Waals surface area (Å²) in [7, 11) is 3.88. The molecule has 1 unspecified atom stereocenters. The number of anilines is 1. The molecule has 2 aromatic carbocycles. The molecule has 9 nitrogen and oxygen atoms in total. The maximum absolute atomic E-state index is 14.1. The molecule has 4 N–H and O–H groups in total. The van der Waals surface area contributed by atoms with Crippen molar-refractivity contribution in [3.8, 4) is 11.4 Å². The van der Waals surface area contributed by atoms with Gasteiger partial charge in [0.25, 0.3) is 11.1 Å². The van der Waals surface area contributed by atoms with Crippen molar-refractivity contribution in [1.82, 2.24) is 29.6 Å². The van der Waals surface area contributed by atoms with Gasteiger partial charge in [-0.1, -0.05) is 0 Å². The van der Waals surface area contributed by atoms with E-state index in [1.165, 1.54) is 12.3 Å². The van der Waals surface area contributed by atoms with Gasteiger partial charge in [0.1, 0.15) is 23.0 Å². The fourth-order valence-electron chi connectivity index (χ4n) is 4.42. The number of nitrogens with zero attached hydrogens (tertiary/aromatic N) is 3. The van der Waals surface area contributed by atoms with E-state index in [2.05, 4.69) is 25.4 Å². The Bertz CT molecular complexity index is 1710. The molecule has 0 amide bonds. The van der Waals surface area contributed by atoms with E-state index in [1.807, 2.05) is 25.9 Å². The number of halogens is 2. The summed E-state index contributed by atoms with van der Waals surface area (Å²) in [6.45, 7) is 3.06. The molecule has 0 aliphatic heterocycles. The van der Waals surface area contributed by atoms with Gasteiger partial charge in [-0.2, -0.15) is 0 Å². The van der Waals surface area contributed by atoms with E-state index >= 15 is 0 Å². The average molecular weight is 508 g/mol. The number of likely N-dealkylation sites (N-methyl/N-ethyl adjacent to an activating group) is 1. The second-order valence-corrected chi connectivity index (χ2v) is 9.45. The van der Waals surface area contributed by atoms with Crippen LogP contribution in [0.1, 0.15) is 12.5 Å². The summed E-state index contributed by atoms with van der Waals surface area (Å²) in [5.74, 6) is -0.678. The number of H-pyrrole nitrogens is 3. The van der Waals surface area contributed by atoms with Crippen LogP contribution in [0.5, 0.6) is 0 Å². The van der Waals surface area contributed by atoms with E-state index in [0.717, 1.165) is 12.1 Å². The lowest BCUT2D eigenvalue weighted by Crippen LogP contribution is -2.24. The first-order valence-corrected chi connectivity index (χ1v) is 11.9. The second kappa shape index (κ2) is 9.66. The standard InChI is InChI=1S/C26H27F2N7O2/c1-14(10-15-11-16(27)4-5-18(15)28)30-19-6-7-29-25(36)23(19)24-31-21-12-17-20(13-22(21)32-24)33-35(26(17)37)9-8-34(2)3/h4-7,11-14,33H,8-10H2,1-3H3,(H,31,32)(H2,29,30,36). The first-order valence-electron chi connectivity index (χ1n) is 11.9. The molecule has 0 saturated carbocycles. The van der Waals surface area contributed by atoms with Crippen LogP contribution >= 0.6 is 0 Å². The van der Waals surface area contributed by atoms with E-state index in [4.69, 9.17) is 0 Å². The van der Waals surface area contributed by atoms with Crippen LogP contribution in [0.2, 0.25) is 0 Å². The second-order valence-electron chi connectivity index (χ2n) is 9.45. The molecule has 0 aliphatic carbocycles. The molecule has 0 spiro atoms. The molecule has 0 fully saturated rings. The predicted molar refractivity (Wildman–Crippen MR) is 140 cm³/mol. The largest absolute Gasteiger partial charge is 0.381 e. The molecular formula is C26H27F2N7O2. The van der Waals surface area contributed by atoms with Crippen molar-refractivity contribution in [3.05, 3.63) is 80.5 Å². The number of fused-ring (bicyclic) bond motifs is 2. The molecule has 0 radical (unpaired) electrons. The molecule has 37 heavy (non-hydrogen) atoms. The van der Waals surface area contributed by atoms with Crippen LogP contribution in [0, 0.1) is 11.6 Å². The van der Waals surface area contributed by atoms with Crippen LogP contribution < -0.4 is 16.4 Å². The lowest BCUT2D eigenvalue weighted by atomic mass is 10.1. The molecule has 0 aliphatic rings. The number of pyridine rings is 1. The highest BCUT2D eigenvalue weighted by molar-refractivity contribution is 5.94. The van der Waals surface area contributed by atoms with Crippen molar-refractivity contribution in [3.63, 3.8) is 0 Å². The molecule has 3 heterocycles. The molecule has 5 rings (SSSR count). The molecule has 1 atom stereocenters. The zero-order valence-electron chi connectivity index (χ0n) is 20.7. The van der Waals surface area contributed by atoms with E-state index in [9.17, 15) is 18.4 Å². The fourth-order valence-corrected chi connectivity index (χ4v) is 4.42. The summed E-state index contributed by atoms with van der Waals surface area (Å²) in [5, 5.41) is 6.87. The third-order valence-electron chi connectivity index (χ3n) is 6.26. The summed E-state index contributed by atoms with van der Waals surface area (Å²) in [6, 6.07) is 8.22. The van der Waals surface area contributed by atoms with Gasteiger partial charge in [-0.15, -0.1) is 0 Å². The summed E-state index contributed by atoms with van der Waals surface area (Å²) >= 11 is 0. The Kier molecular flexibility index (Phi) is 6.38. The Balaban J connectivity index is 1.47.